The van der Waals surface area contributed by atoms with E-state index in [0.717, 1.165) is 43.6 Å². The third kappa shape index (κ3) is 4.36. The molecule has 0 bridgehead atoms. The van der Waals surface area contributed by atoms with Gasteiger partial charge in [-0.25, -0.2) is 0 Å². The number of halogens is 1. The lowest BCUT2D eigenvalue weighted by atomic mass is 9.63. The summed E-state index contributed by atoms with van der Waals surface area (Å²) in [5.74, 6) is 0.608. The molecule has 2 aliphatic carbocycles. The molecule has 4 rings (SSSR count). The summed E-state index contributed by atoms with van der Waals surface area (Å²) in [5.41, 5.74) is 1.95. The van der Waals surface area contributed by atoms with Crippen LogP contribution in [0, 0.1) is 5.92 Å². The van der Waals surface area contributed by atoms with Crippen LogP contribution in [-0.2, 0) is 15.0 Å². The van der Waals surface area contributed by atoms with Gasteiger partial charge in [0.1, 0.15) is 5.75 Å². The number of allylic oxidation sites excluding steroid dienone is 1. The molecule has 6 heteroatoms. The second-order valence-electron chi connectivity index (χ2n) is 8.93. The average Bonchev–Trinajstić information content (AvgIpc) is 2.69. The first-order valence-electron chi connectivity index (χ1n) is 11.1. The van der Waals surface area contributed by atoms with Gasteiger partial charge in [-0.1, -0.05) is 43.4 Å². The van der Waals surface area contributed by atoms with Gasteiger partial charge in [0.15, 0.2) is 0 Å². The molecular formula is C24H30ClNO4. The predicted octanol–water partition coefficient (Wildman–Crippen LogP) is 5.31. The summed E-state index contributed by atoms with van der Waals surface area (Å²) in [4.78, 5) is 25.4. The zero-order valence-electron chi connectivity index (χ0n) is 17.4. The molecule has 5 nitrogen and oxygen atoms in total. The molecule has 162 valence electrons. The van der Waals surface area contributed by atoms with E-state index in [9.17, 15) is 9.59 Å². The summed E-state index contributed by atoms with van der Waals surface area (Å²) in [6.07, 6.45) is 11.3. The number of aliphatic carboxylic acids is 1. The van der Waals surface area contributed by atoms with Crippen molar-refractivity contribution in [1.29, 1.82) is 0 Å². The molecule has 0 radical (unpaired) electrons. The van der Waals surface area contributed by atoms with Gasteiger partial charge in [0.25, 0.3) is 0 Å². The highest BCUT2D eigenvalue weighted by Crippen LogP contribution is 2.49. The molecular weight excluding hydrogens is 402 g/mol. The number of ether oxygens (including phenoxy) is 1. The molecule has 0 aromatic heterocycles. The van der Waals surface area contributed by atoms with Crippen molar-refractivity contribution in [3.63, 3.8) is 0 Å². The summed E-state index contributed by atoms with van der Waals surface area (Å²) in [5, 5.41) is 9.57. The number of carbonyl (C=O) groups is 2. The Balaban J connectivity index is 1.53. The number of amides is 1. The van der Waals surface area contributed by atoms with Crippen molar-refractivity contribution in [2.75, 3.05) is 13.2 Å². The van der Waals surface area contributed by atoms with Crippen LogP contribution in [-0.4, -0.2) is 35.0 Å². The van der Waals surface area contributed by atoms with Crippen molar-refractivity contribution in [2.45, 2.75) is 69.6 Å². The topological polar surface area (TPSA) is 66.8 Å². The maximum absolute atomic E-state index is 12.9. The number of fused-ring (bicyclic) bond motifs is 1. The zero-order chi connectivity index (χ0) is 21.1. The van der Waals surface area contributed by atoms with E-state index in [1.165, 1.54) is 24.8 Å². The molecule has 1 aliphatic heterocycles. The van der Waals surface area contributed by atoms with Gasteiger partial charge in [0, 0.05) is 24.6 Å². The highest BCUT2D eigenvalue weighted by atomic mass is 35.5. The van der Waals surface area contributed by atoms with Crippen LogP contribution in [0.3, 0.4) is 0 Å². The fourth-order valence-electron chi connectivity index (χ4n) is 5.02. The van der Waals surface area contributed by atoms with Crippen LogP contribution >= 0.6 is 11.6 Å². The Morgan fingerprint density at radius 2 is 2.10 bits per heavy atom. The van der Waals surface area contributed by atoms with Gasteiger partial charge in [-0.3, -0.25) is 9.59 Å². The number of hydrogen-bond acceptors (Lipinski definition) is 3. The van der Waals surface area contributed by atoms with Gasteiger partial charge < -0.3 is 14.7 Å². The van der Waals surface area contributed by atoms with Gasteiger partial charge in [0.05, 0.1) is 18.1 Å². The van der Waals surface area contributed by atoms with Crippen LogP contribution in [0.1, 0.15) is 69.8 Å². The average molecular weight is 432 g/mol. The van der Waals surface area contributed by atoms with Gasteiger partial charge in [-0.05, 0) is 54.9 Å². The minimum Gasteiger partial charge on any atom is -0.492 e. The van der Waals surface area contributed by atoms with Gasteiger partial charge in [-0.2, -0.15) is 0 Å². The second-order valence-corrected chi connectivity index (χ2v) is 9.34. The molecule has 0 saturated heterocycles. The molecule has 3 aliphatic rings. The van der Waals surface area contributed by atoms with Crippen molar-refractivity contribution >= 4 is 23.5 Å². The minimum absolute atomic E-state index is 0.0150. The lowest BCUT2D eigenvalue weighted by Gasteiger charge is -2.45. The van der Waals surface area contributed by atoms with Gasteiger partial charge in [0.2, 0.25) is 5.91 Å². The molecule has 2 saturated carbocycles. The van der Waals surface area contributed by atoms with E-state index < -0.39 is 5.97 Å². The fourth-order valence-corrected chi connectivity index (χ4v) is 5.26. The summed E-state index contributed by atoms with van der Waals surface area (Å²) in [6, 6.07) is 5.98. The number of hydrogen-bond donors (Lipinski definition) is 1. The molecule has 1 heterocycles. The van der Waals surface area contributed by atoms with Crippen molar-refractivity contribution < 1.29 is 19.4 Å². The molecule has 1 N–H and O–H groups in total. The Morgan fingerprint density at radius 1 is 1.27 bits per heavy atom. The number of nitrogens with zero attached hydrogens (tertiary/aromatic N) is 1. The maximum atomic E-state index is 12.9. The van der Waals surface area contributed by atoms with E-state index in [4.69, 9.17) is 21.4 Å². The minimum atomic E-state index is -0.888. The summed E-state index contributed by atoms with van der Waals surface area (Å²) >= 11 is 6.58. The van der Waals surface area contributed by atoms with E-state index >= 15 is 0 Å². The Hall–Kier alpha value is -2.01. The molecule has 0 spiro atoms. The molecule has 30 heavy (non-hydrogen) atoms. The first-order chi connectivity index (χ1) is 14.5. The Kier molecular flexibility index (Phi) is 6.37. The third-order valence-electron chi connectivity index (χ3n) is 7.06. The van der Waals surface area contributed by atoms with Crippen LogP contribution in [0.25, 0.3) is 0 Å². The summed E-state index contributed by atoms with van der Waals surface area (Å²) in [6.45, 7) is 0.916. The van der Waals surface area contributed by atoms with Crippen LogP contribution in [0.5, 0.6) is 5.75 Å². The SMILES string of the molecule is O=C(O)CCN1C=C2CCCCC2(c2ccc(OCCC3CCC3)c(Cl)c2)CC1=O. The zero-order valence-corrected chi connectivity index (χ0v) is 18.1. The molecule has 1 amide bonds. The van der Waals surface area contributed by atoms with Gasteiger partial charge >= 0.3 is 5.97 Å². The molecule has 1 atom stereocenters. The second kappa shape index (κ2) is 9.01. The first kappa shape index (κ1) is 21.2. The Labute approximate surface area is 183 Å². The lowest BCUT2D eigenvalue weighted by molar-refractivity contribution is -0.138. The van der Waals surface area contributed by atoms with E-state index in [1.807, 2.05) is 18.3 Å². The highest BCUT2D eigenvalue weighted by Gasteiger charge is 2.44. The largest absolute Gasteiger partial charge is 0.492 e. The quantitative estimate of drug-likeness (QED) is 0.605. The molecule has 2 fully saturated rings. The normalized spacial score (nSPS) is 24.1. The number of carbonyl (C=O) groups excluding carboxylic acids is 1. The molecule has 1 unspecified atom stereocenters. The van der Waals surface area contributed by atoms with E-state index in [0.29, 0.717) is 23.8 Å². The van der Waals surface area contributed by atoms with E-state index in [-0.39, 0.29) is 24.3 Å². The van der Waals surface area contributed by atoms with Crippen LogP contribution < -0.4 is 4.74 Å². The monoisotopic (exact) mass is 431 g/mol. The fraction of sp³-hybridized carbons (Fsp3) is 0.583. The highest BCUT2D eigenvalue weighted by molar-refractivity contribution is 6.32. The van der Waals surface area contributed by atoms with Crippen LogP contribution in [0.15, 0.2) is 30.0 Å². The van der Waals surface area contributed by atoms with Crippen molar-refractivity contribution in [3.05, 3.63) is 40.6 Å². The Bertz CT molecular complexity index is 848. The predicted molar refractivity (Wildman–Crippen MR) is 116 cm³/mol. The van der Waals surface area contributed by atoms with E-state index in [1.54, 1.807) is 4.90 Å². The van der Waals surface area contributed by atoms with Gasteiger partial charge in [-0.15, -0.1) is 0 Å². The number of carboxylic acid groups (broad SMARTS) is 1. The first-order valence-corrected chi connectivity index (χ1v) is 11.5. The molecule has 1 aromatic carbocycles. The maximum Gasteiger partial charge on any atom is 0.305 e. The Morgan fingerprint density at radius 3 is 2.80 bits per heavy atom. The summed E-state index contributed by atoms with van der Waals surface area (Å²) in [7, 11) is 0. The standard InChI is InChI=1S/C24H30ClNO4/c25-20-14-18(7-8-21(20)30-13-10-17-4-3-5-17)24-11-2-1-6-19(24)16-26(22(27)15-24)12-9-23(28)29/h7-8,14,16-17H,1-6,9-13,15H2,(H,28,29). The van der Waals surface area contributed by atoms with Crippen LogP contribution in [0.4, 0.5) is 0 Å². The molecule has 1 aromatic rings. The summed E-state index contributed by atoms with van der Waals surface area (Å²) < 4.78 is 5.93. The number of benzene rings is 1. The van der Waals surface area contributed by atoms with Crippen LogP contribution in [0.2, 0.25) is 5.02 Å². The van der Waals surface area contributed by atoms with Crippen molar-refractivity contribution in [1.82, 2.24) is 4.90 Å². The lowest BCUT2D eigenvalue weighted by Crippen LogP contribution is -2.44. The third-order valence-corrected chi connectivity index (χ3v) is 7.35. The van der Waals surface area contributed by atoms with Crippen molar-refractivity contribution in [3.8, 4) is 5.75 Å². The number of carboxylic acids is 1. The number of rotatable bonds is 8. The smallest absolute Gasteiger partial charge is 0.305 e. The van der Waals surface area contributed by atoms with Crippen molar-refractivity contribution in [2.24, 2.45) is 5.92 Å². The van der Waals surface area contributed by atoms with E-state index in [2.05, 4.69) is 6.07 Å².